The van der Waals surface area contributed by atoms with E-state index in [4.69, 9.17) is 14.9 Å². The second-order valence-corrected chi connectivity index (χ2v) is 6.44. The molecule has 8 nitrogen and oxygen atoms in total. The summed E-state index contributed by atoms with van der Waals surface area (Å²) in [6.07, 6.45) is 0. The molecule has 3 N–H and O–H groups in total. The zero-order chi connectivity index (χ0) is 21.4. The third kappa shape index (κ3) is 5.87. The van der Waals surface area contributed by atoms with E-state index in [0.717, 1.165) is 11.1 Å². The predicted molar refractivity (Wildman–Crippen MR) is 106 cm³/mol. The number of ketones is 1. The molecule has 0 bridgehead atoms. The number of nitrogens with one attached hydrogen (secondary N) is 1. The van der Waals surface area contributed by atoms with Crippen molar-refractivity contribution in [3.05, 3.63) is 54.1 Å². The van der Waals surface area contributed by atoms with E-state index in [0.29, 0.717) is 5.75 Å². The van der Waals surface area contributed by atoms with Crippen molar-refractivity contribution in [1.29, 1.82) is 0 Å². The number of nitrogens with zero attached hydrogens (tertiary/aromatic N) is 1. The van der Waals surface area contributed by atoms with Crippen LogP contribution < -0.4 is 10.1 Å². The summed E-state index contributed by atoms with van der Waals surface area (Å²) in [6.45, 7) is -0.684. The molecule has 1 unspecified atom stereocenters. The molecular weight excluding hydrogens is 376 g/mol. The van der Waals surface area contributed by atoms with Crippen molar-refractivity contribution in [2.75, 3.05) is 33.9 Å². The van der Waals surface area contributed by atoms with Crippen LogP contribution in [0.1, 0.15) is 10.4 Å². The number of carbonyl (C=O) groups is 3. The number of carbonyl (C=O) groups excluding carboxylic acids is 3. The van der Waals surface area contributed by atoms with Gasteiger partial charge in [0.2, 0.25) is 0 Å². The summed E-state index contributed by atoms with van der Waals surface area (Å²) in [5.41, 5.74) is 2.05. The molecule has 0 fully saturated rings. The first-order valence-corrected chi connectivity index (χ1v) is 8.97. The van der Waals surface area contributed by atoms with Gasteiger partial charge in [-0.3, -0.25) is 14.4 Å². The number of likely N-dealkylation sites (N-methyl/N-ethyl adjacent to an activating group) is 1. The Balaban J connectivity index is 2.11. The summed E-state index contributed by atoms with van der Waals surface area (Å²) in [7, 11) is 2.92. The average molecular weight is 400 g/mol. The lowest BCUT2D eigenvalue weighted by Crippen LogP contribution is -2.51. The van der Waals surface area contributed by atoms with Gasteiger partial charge >= 0.3 is 0 Å². The van der Waals surface area contributed by atoms with E-state index < -0.39 is 30.2 Å². The molecular formula is C21H24N2O6. The van der Waals surface area contributed by atoms with Gasteiger partial charge in [-0.05, 0) is 35.4 Å². The summed E-state index contributed by atoms with van der Waals surface area (Å²) in [5.74, 6) is -1.34. The molecule has 0 aliphatic carbocycles. The van der Waals surface area contributed by atoms with Crippen molar-refractivity contribution < 1.29 is 29.3 Å². The van der Waals surface area contributed by atoms with Crippen LogP contribution in [0.5, 0.6) is 5.75 Å². The van der Waals surface area contributed by atoms with E-state index in [-0.39, 0.29) is 18.8 Å². The highest BCUT2D eigenvalue weighted by Gasteiger charge is 2.29. The zero-order valence-electron chi connectivity index (χ0n) is 16.3. The maximum Gasteiger partial charge on any atom is 0.252 e. The Morgan fingerprint density at radius 3 is 2.00 bits per heavy atom. The minimum atomic E-state index is -1.44. The van der Waals surface area contributed by atoms with Crippen molar-refractivity contribution in [3.8, 4) is 16.9 Å². The Morgan fingerprint density at radius 1 is 0.966 bits per heavy atom. The van der Waals surface area contributed by atoms with Crippen molar-refractivity contribution in [3.63, 3.8) is 0 Å². The zero-order valence-corrected chi connectivity index (χ0v) is 16.3. The minimum absolute atomic E-state index is 0.0593. The second-order valence-electron chi connectivity index (χ2n) is 6.44. The number of Topliss-reactive ketones (excluding diaryl/α,β-unsaturated/α-hetero) is 1. The lowest BCUT2D eigenvalue weighted by atomic mass is 10.0. The van der Waals surface area contributed by atoms with Gasteiger partial charge in [-0.1, -0.05) is 24.3 Å². The van der Waals surface area contributed by atoms with E-state index in [1.807, 2.05) is 12.1 Å². The summed E-state index contributed by atoms with van der Waals surface area (Å²) >= 11 is 0. The Morgan fingerprint density at radius 2 is 1.52 bits per heavy atom. The first kappa shape index (κ1) is 22.1. The molecule has 8 heteroatoms. The Hall–Kier alpha value is -3.23. The van der Waals surface area contributed by atoms with Crippen LogP contribution in [0.3, 0.4) is 0 Å². The third-order valence-corrected chi connectivity index (χ3v) is 4.14. The van der Waals surface area contributed by atoms with Crippen LogP contribution >= 0.6 is 0 Å². The number of aliphatic hydroxyl groups excluding tert-OH is 2. The summed E-state index contributed by atoms with van der Waals surface area (Å²) in [4.78, 5) is 37.5. The Bertz CT molecular complexity index is 846. The van der Waals surface area contributed by atoms with Gasteiger partial charge in [0.25, 0.3) is 11.8 Å². The maximum absolute atomic E-state index is 12.4. The van der Waals surface area contributed by atoms with Crippen LogP contribution in [0.2, 0.25) is 0 Å². The number of aliphatic hydroxyl groups is 2. The topological polar surface area (TPSA) is 116 Å². The highest BCUT2D eigenvalue weighted by atomic mass is 16.5. The van der Waals surface area contributed by atoms with E-state index in [9.17, 15) is 14.4 Å². The van der Waals surface area contributed by atoms with Crippen LogP contribution in [0.4, 0.5) is 0 Å². The lowest BCUT2D eigenvalue weighted by molar-refractivity contribution is -0.137. The molecule has 29 heavy (non-hydrogen) atoms. The van der Waals surface area contributed by atoms with Gasteiger partial charge in [0.15, 0.2) is 11.8 Å². The predicted octanol–water partition coefficient (Wildman–Crippen LogP) is 0.473. The fourth-order valence-corrected chi connectivity index (χ4v) is 2.57. The maximum atomic E-state index is 12.4. The molecule has 0 aliphatic rings. The fraction of sp³-hybridized carbons (Fsp3) is 0.286. The molecule has 0 aromatic heterocycles. The Labute approximate surface area is 168 Å². The lowest BCUT2D eigenvalue weighted by Gasteiger charge is -2.20. The fourth-order valence-electron chi connectivity index (χ4n) is 2.57. The second kappa shape index (κ2) is 10.4. The van der Waals surface area contributed by atoms with Gasteiger partial charge in [-0.25, -0.2) is 0 Å². The van der Waals surface area contributed by atoms with Crippen molar-refractivity contribution >= 4 is 17.6 Å². The molecule has 0 radical (unpaired) electrons. The van der Waals surface area contributed by atoms with Gasteiger partial charge in [-0.15, -0.1) is 0 Å². The molecule has 2 aromatic carbocycles. The molecule has 2 aromatic rings. The third-order valence-electron chi connectivity index (χ3n) is 4.14. The average Bonchev–Trinajstić information content (AvgIpc) is 2.75. The first-order chi connectivity index (χ1) is 13.9. The van der Waals surface area contributed by atoms with E-state index in [1.165, 1.54) is 19.0 Å². The highest BCUT2D eigenvalue weighted by molar-refractivity contribution is 6.10. The van der Waals surface area contributed by atoms with E-state index in [2.05, 4.69) is 5.32 Å². The van der Waals surface area contributed by atoms with Gasteiger partial charge in [0, 0.05) is 19.7 Å². The molecule has 2 rings (SSSR count). The highest BCUT2D eigenvalue weighted by Crippen LogP contribution is 2.23. The number of rotatable bonds is 9. The van der Waals surface area contributed by atoms with E-state index in [1.54, 1.807) is 36.4 Å². The summed E-state index contributed by atoms with van der Waals surface area (Å²) in [6, 6.07) is 12.5. The van der Waals surface area contributed by atoms with Crippen LogP contribution in [0, 0.1) is 0 Å². The minimum Gasteiger partial charge on any atom is -0.491 e. The molecule has 0 heterocycles. The van der Waals surface area contributed by atoms with E-state index >= 15 is 0 Å². The molecule has 154 valence electrons. The first-order valence-electron chi connectivity index (χ1n) is 8.97. The van der Waals surface area contributed by atoms with Gasteiger partial charge in [0.05, 0.1) is 6.61 Å². The summed E-state index contributed by atoms with van der Waals surface area (Å²) < 4.78 is 5.32. The Kier molecular flexibility index (Phi) is 7.88. The normalized spacial score (nSPS) is 11.4. The molecule has 1 atom stereocenters. The number of benzene rings is 2. The van der Waals surface area contributed by atoms with Crippen molar-refractivity contribution in [1.82, 2.24) is 10.2 Å². The number of amides is 2. The molecule has 0 spiro atoms. The quantitative estimate of drug-likeness (QED) is 0.527. The molecule has 0 saturated heterocycles. The van der Waals surface area contributed by atoms with Crippen molar-refractivity contribution in [2.24, 2.45) is 0 Å². The van der Waals surface area contributed by atoms with Crippen LogP contribution in [0.25, 0.3) is 11.1 Å². The smallest absolute Gasteiger partial charge is 0.252 e. The summed E-state index contributed by atoms with van der Waals surface area (Å²) in [5, 5.41) is 20.2. The van der Waals surface area contributed by atoms with Crippen LogP contribution in [-0.4, -0.2) is 72.7 Å². The molecule has 0 saturated carbocycles. The number of hydrogen-bond donors (Lipinski definition) is 3. The standard InChI is InChI=1S/C21H24N2O6/c1-23(2)21(28)19(18(26)13-25)22-20(27)16-5-3-14(4-6-16)15-7-9-17(10-8-15)29-12-11-24/h3-10,19,24-25H,11-13H2,1-2H3,(H,22,27). The van der Waals surface area contributed by atoms with Gasteiger partial charge in [0.1, 0.15) is 19.0 Å². The van der Waals surface area contributed by atoms with Gasteiger partial charge < -0.3 is 25.2 Å². The monoisotopic (exact) mass is 400 g/mol. The van der Waals surface area contributed by atoms with Gasteiger partial charge in [-0.2, -0.15) is 0 Å². The number of hydrogen-bond acceptors (Lipinski definition) is 6. The SMILES string of the molecule is CN(C)C(=O)C(NC(=O)c1ccc(-c2ccc(OCCO)cc2)cc1)C(=O)CO. The van der Waals surface area contributed by atoms with Crippen LogP contribution in [0.15, 0.2) is 48.5 Å². The number of ether oxygens (including phenoxy) is 1. The largest absolute Gasteiger partial charge is 0.491 e. The van der Waals surface area contributed by atoms with Crippen LogP contribution in [-0.2, 0) is 9.59 Å². The van der Waals surface area contributed by atoms with Crippen molar-refractivity contribution in [2.45, 2.75) is 6.04 Å². The molecule has 0 aliphatic heterocycles. The molecule has 2 amide bonds.